The number of carbonyl (C=O) groups is 2. The van der Waals surface area contributed by atoms with Crippen molar-refractivity contribution in [1.29, 1.82) is 0 Å². The maximum Gasteiger partial charge on any atom is 0.251 e. The minimum absolute atomic E-state index is 0.141. The van der Waals surface area contributed by atoms with Gasteiger partial charge in [-0.2, -0.15) is 0 Å². The molecule has 0 aliphatic heterocycles. The average molecular weight is 428 g/mol. The molecule has 0 saturated heterocycles. The SMILES string of the molecule is Cc1ccc(NC(=O)CSc2nnc(CNC(=O)c3ccc(F)cc3)n2C)cc1C. The smallest absolute Gasteiger partial charge is 0.251 e. The molecule has 0 atom stereocenters. The Balaban J connectivity index is 1.52. The Morgan fingerprint density at radius 2 is 1.80 bits per heavy atom. The second kappa shape index (κ2) is 9.53. The molecule has 0 bridgehead atoms. The van der Waals surface area contributed by atoms with Gasteiger partial charge in [-0.1, -0.05) is 17.8 Å². The minimum Gasteiger partial charge on any atom is -0.345 e. The van der Waals surface area contributed by atoms with Gasteiger partial charge in [-0.05, 0) is 61.4 Å². The molecule has 0 saturated carbocycles. The van der Waals surface area contributed by atoms with E-state index in [4.69, 9.17) is 0 Å². The number of thioether (sulfide) groups is 1. The number of benzene rings is 2. The van der Waals surface area contributed by atoms with E-state index in [9.17, 15) is 14.0 Å². The summed E-state index contributed by atoms with van der Waals surface area (Å²) in [7, 11) is 1.77. The summed E-state index contributed by atoms with van der Waals surface area (Å²) in [5.41, 5.74) is 3.39. The highest BCUT2D eigenvalue weighted by atomic mass is 32.2. The number of anilines is 1. The van der Waals surface area contributed by atoms with E-state index < -0.39 is 5.82 Å². The van der Waals surface area contributed by atoms with Gasteiger partial charge in [0, 0.05) is 18.3 Å². The third-order valence-electron chi connectivity index (χ3n) is 4.56. The Morgan fingerprint density at radius 3 is 2.50 bits per heavy atom. The van der Waals surface area contributed by atoms with Crippen molar-refractivity contribution in [2.24, 2.45) is 7.05 Å². The minimum atomic E-state index is -0.400. The van der Waals surface area contributed by atoms with E-state index in [2.05, 4.69) is 20.8 Å². The van der Waals surface area contributed by atoms with Gasteiger partial charge in [0.2, 0.25) is 5.91 Å². The quantitative estimate of drug-likeness (QED) is 0.565. The Hall–Kier alpha value is -3.20. The van der Waals surface area contributed by atoms with Crippen molar-refractivity contribution in [3.63, 3.8) is 0 Å². The molecular formula is C21H22FN5O2S. The van der Waals surface area contributed by atoms with Crippen molar-refractivity contribution < 1.29 is 14.0 Å². The number of nitrogens with zero attached hydrogens (tertiary/aromatic N) is 3. The van der Waals surface area contributed by atoms with E-state index in [1.807, 2.05) is 32.0 Å². The van der Waals surface area contributed by atoms with Crippen molar-refractivity contribution in [2.45, 2.75) is 25.5 Å². The molecule has 156 valence electrons. The third-order valence-corrected chi connectivity index (χ3v) is 5.58. The van der Waals surface area contributed by atoms with Crippen molar-refractivity contribution in [3.05, 3.63) is 70.8 Å². The maximum absolute atomic E-state index is 13.0. The molecule has 0 radical (unpaired) electrons. The molecule has 2 aromatic carbocycles. The number of aromatic nitrogens is 3. The van der Waals surface area contributed by atoms with E-state index in [1.54, 1.807) is 11.6 Å². The summed E-state index contributed by atoms with van der Waals surface area (Å²) in [5.74, 6) is -0.149. The van der Waals surface area contributed by atoms with Gasteiger partial charge in [0.25, 0.3) is 5.91 Å². The fourth-order valence-corrected chi connectivity index (χ4v) is 3.36. The van der Waals surface area contributed by atoms with Crippen LogP contribution in [0.15, 0.2) is 47.6 Å². The Kier molecular flexibility index (Phi) is 6.83. The van der Waals surface area contributed by atoms with Crippen LogP contribution in [0.3, 0.4) is 0 Å². The van der Waals surface area contributed by atoms with E-state index in [-0.39, 0.29) is 24.1 Å². The van der Waals surface area contributed by atoms with Gasteiger partial charge in [0.15, 0.2) is 11.0 Å². The van der Waals surface area contributed by atoms with E-state index in [0.717, 1.165) is 11.3 Å². The fraction of sp³-hybridized carbons (Fsp3) is 0.238. The van der Waals surface area contributed by atoms with Crippen LogP contribution in [0, 0.1) is 19.7 Å². The van der Waals surface area contributed by atoms with E-state index in [0.29, 0.717) is 16.5 Å². The third kappa shape index (κ3) is 5.44. The molecule has 7 nitrogen and oxygen atoms in total. The highest BCUT2D eigenvalue weighted by molar-refractivity contribution is 7.99. The number of carbonyl (C=O) groups excluding carboxylic acids is 2. The summed E-state index contributed by atoms with van der Waals surface area (Å²) in [5, 5.41) is 14.3. The topological polar surface area (TPSA) is 88.9 Å². The summed E-state index contributed by atoms with van der Waals surface area (Å²) in [4.78, 5) is 24.4. The zero-order valence-corrected chi connectivity index (χ0v) is 17.7. The molecule has 0 unspecified atom stereocenters. The lowest BCUT2D eigenvalue weighted by molar-refractivity contribution is -0.113. The number of amides is 2. The number of hydrogen-bond acceptors (Lipinski definition) is 5. The molecule has 0 spiro atoms. The summed E-state index contributed by atoms with van der Waals surface area (Å²) >= 11 is 1.26. The molecule has 30 heavy (non-hydrogen) atoms. The molecule has 0 aliphatic carbocycles. The lowest BCUT2D eigenvalue weighted by Gasteiger charge is -2.08. The first-order valence-electron chi connectivity index (χ1n) is 9.25. The average Bonchev–Trinajstić information content (AvgIpc) is 3.07. The van der Waals surface area contributed by atoms with Gasteiger partial charge in [-0.15, -0.1) is 10.2 Å². The van der Waals surface area contributed by atoms with E-state index >= 15 is 0 Å². The van der Waals surface area contributed by atoms with Crippen molar-refractivity contribution >= 4 is 29.3 Å². The first-order valence-corrected chi connectivity index (χ1v) is 10.2. The van der Waals surface area contributed by atoms with E-state index in [1.165, 1.54) is 41.6 Å². The second-order valence-corrected chi connectivity index (χ2v) is 7.73. The van der Waals surface area contributed by atoms with Crippen LogP contribution in [0.25, 0.3) is 0 Å². The predicted molar refractivity (Wildman–Crippen MR) is 114 cm³/mol. The van der Waals surface area contributed by atoms with Crippen LogP contribution in [0.1, 0.15) is 27.3 Å². The molecule has 1 aromatic heterocycles. The van der Waals surface area contributed by atoms with Crippen LogP contribution in [-0.2, 0) is 18.4 Å². The summed E-state index contributed by atoms with van der Waals surface area (Å²) in [6.07, 6.45) is 0. The highest BCUT2D eigenvalue weighted by Gasteiger charge is 2.13. The molecule has 9 heteroatoms. The van der Waals surface area contributed by atoms with Crippen molar-refractivity contribution in [3.8, 4) is 0 Å². The van der Waals surface area contributed by atoms with Gasteiger partial charge < -0.3 is 15.2 Å². The molecular weight excluding hydrogens is 405 g/mol. The number of rotatable bonds is 7. The fourth-order valence-electron chi connectivity index (χ4n) is 2.63. The van der Waals surface area contributed by atoms with Crippen molar-refractivity contribution in [2.75, 3.05) is 11.1 Å². The van der Waals surface area contributed by atoms with Crippen LogP contribution in [0.4, 0.5) is 10.1 Å². The van der Waals surface area contributed by atoms with Gasteiger partial charge in [0.05, 0.1) is 12.3 Å². The summed E-state index contributed by atoms with van der Waals surface area (Å²) in [6.45, 7) is 4.18. The second-order valence-electron chi connectivity index (χ2n) is 6.78. The largest absolute Gasteiger partial charge is 0.345 e. The lowest BCUT2D eigenvalue weighted by Crippen LogP contribution is -2.24. The lowest BCUT2D eigenvalue weighted by atomic mass is 10.1. The normalized spacial score (nSPS) is 10.7. The summed E-state index contributed by atoms with van der Waals surface area (Å²) < 4.78 is 14.7. The molecule has 2 amide bonds. The zero-order valence-electron chi connectivity index (χ0n) is 16.9. The van der Waals surface area contributed by atoms with Crippen LogP contribution in [0.2, 0.25) is 0 Å². The molecule has 1 heterocycles. The number of aryl methyl sites for hydroxylation is 2. The monoisotopic (exact) mass is 427 g/mol. The molecule has 0 fully saturated rings. The predicted octanol–water partition coefficient (Wildman–Crippen LogP) is 3.23. The highest BCUT2D eigenvalue weighted by Crippen LogP contribution is 2.18. The standard InChI is InChI=1S/C21H22FN5O2S/c1-13-4-9-17(10-14(13)2)24-19(28)12-30-21-26-25-18(27(21)3)11-23-20(29)15-5-7-16(22)8-6-15/h4-10H,11-12H2,1-3H3,(H,23,29)(H,24,28). The zero-order chi connectivity index (χ0) is 21.7. The molecule has 0 aliphatic rings. The summed E-state index contributed by atoms with van der Waals surface area (Å²) in [6, 6.07) is 11.1. The molecule has 3 rings (SSSR count). The van der Waals surface area contributed by atoms with Gasteiger partial charge >= 0.3 is 0 Å². The number of hydrogen-bond donors (Lipinski definition) is 2. The van der Waals surface area contributed by atoms with Gasteiger partial charge in [-0.25, -0.2) is 4.39 Å². The Bertz CT molecular complexity index is 1070. The van der Waals surface area contributed by atoms with Gasteiger partial charge in [0.1, 0.15) is 5.82 Å². The molecule has 2 N–H and O–H groups in total. The van der Waals surface area contributed by atoms with Crippen molar-refractivity contribution in [1.82, 2.24) is 20.1 Å². The first kappa shape index (κ1) is 21.5. The molecule has 3 aromatic rings. The van der Waals surface area contributed by atoms with Crippen LogP contribution < -0.4 is 10.6 Å². The Labute approximate surface area is 178 Å². The first-order chi connectivity index (χ1) is 14.3. The maximum atomic E-state index is 13.0. The van der Waals surface area contributed by atoms with Crippen LogP contribution >= 0.6 is 11.8 Å². The van der Waals surface area contributed by atoms with Crippen LogP contribution in [-0.4, -0.2) is 32.3 Å². The number of nitrogens with one attached hydrogen (secondary N) is 2. The van der Waals surface area contributed by atoms with Crippen LogP contribution in [0.5, 0.6) is 0 Å². The number of halogens is 1. The van der Waals surface area contributed by atoms with Gasteiger partial charge in [-0.3, -0.25) is 9.59 Å². The Morgan fingerprint density at radius 1 is 1.07 bits per heavy atom.